The molecule has 0 saturated heterocycles. The number of hydrogen-bond acceptors (Lipinski definition) is 2. The zero-order chi connectivity index (χ0) is 11.4. The van der Waals surface area contributed by atoms with E-state index >= 15 is 0 Å². The fourth-order valence-electron chi connectivity index (χ4n) is 1.40. The van der Waals surface area contributed by atoms with Crippen molar-refractivity contribution in [3.63, 3.8) is 0 Å². The molecule has 1 heterocycles. The highest BCUT2D eigenvalue weighted by atomic mass is 19.1. The molecule has 4 heteroatoms. The van der Waals surface area contributed by atoms with Crippen LogP contribution in [0.3, 0.4) is 0 Å². The molecule has 0 fully saturated rings. The van der Waals surface area contributed by atoms with E-state index in [1.54, 1.807) is 18.6 Å². The van der Waals surface area contributed by atoms with Crippen molar-refractivity contribution in [2.24, 2.45) is 0 Å². The number of hydrogen-bond donors (Lipinski definition) is 0. The summed E-state index contributed by atoms with van der Waals surface area (Å²) < 4.78 is 20.6. The summed E-state index contributed by atoms with van der Waals surface area (Å²) in [6.45, 7) is 2.93. The number of ether oxygens (including phenoxy) is 1. The first-order valence-corrected chi connectivity index (χ1v) is 5.10. The minimum atomic E-state index is -0.314. The molecule has 0 amide bonds. The predicted molar refractivity (Wildman–Crippen MR) is 58.9 cm³/mol. The molecule has 0 aliphatic rings. The van der Waals surface area contributed by atoms with Crippen LogP contribution in [0.1, 0.15) is 5.56 Å². The van der Waals surface area contributed by atoms with Gasteiger partial charge in [0.25, 0.3) is 0 Å². The molecule has 0 atom stereocenters. The van der Waals surface area contributed by atoms with E-state index in [0.717, 1.165) is 5.56 Å². The van der Waals surface area contributed by atoms with E-state index in [-0.39, 0.29) is 5.82 Å². The van der Waals surface area contributed by atoms with Crippen LogP contribution in [0.4, 0.5) is 4.39 Å². The van der Waals surface area contributed by atoms with E-state index in [4.69, 9.17) is 4.74 Å². The topological polar surface area (TPSA) is 27.1 Å². The Bertz CT molecular complexity index is 454. The number of benzene rings is 1. The largest absolute Gasteiger partial charge is 0.489 e. The van der Waals surface area contributed by atoms with E-state index in [2.05, 4.69) is 4.98 Å². The Morgan fingerprint density at radius 1 is 1.44 bits per heavy atom. The van der Waals surface area contributed by atoms with Crippen LogP contribution in [0.2, 0.25) is 0 Å². The van der Waals surface area contributed by atoms with Crippen LogP contribution in [-0.4, -0.2) is 16.2 Å². The first kappa shape index (κ1) is 10.7. The fourth-order valence-corrected chi connectivity index (χ4v) is 1.40. The summed E-state index contributed by atoms with van der Waals surface area (Å²) in [5.41, 5.74) is 0.888. The second-order valence-electron chi connectivity index (χ2n) is 3.58. The Morgan fingerprint density at radius 2 is 2.31 bits per heavy atom. The van der Waals surface area contributed by atoms with Gasteiger partial charge in [0.05, 0.1) is 12.9 Å². The Hall–Kier alpha value is -1.84. The standard InChI is InChI=1S/C12H13FN2O/c1-10-2-3-12(11(13)8-10)16-7-6-15-5-4-14-9-15/h2-5,8-9H,6-7H2,1H3. The molecule has 0 aliphatic carbocycles. The lowest BCUT2D eigenvalue weighted by molar-refractivity contribution is 0.284. The van der Waals surface area contributed by atoms with Crippen molar-refractivity contribution in [2.45, 2.75) is 13.5 Å². The first-order chi connectivity index (χ1) is 7.75. The highest BCUT2D eigenvalue weighted by molar-refractivity contribution is 5.28. The smallest absolute Gasteiger partial charge is 0.165 e. The fraction of sp³-hybridized carbons (Fsp3) is 0.250. The van der Waals surface area contributed by atoms with Gasteiger partial charge in [-0.3, -0.25) is 0 Å². The maximum absolute atomic E-state index is 13.4. The predicted octanol–water partition coefficient (Wildman–Crippen LogP) is 2.41. The SMILES string of the molecule is Cc1ccc(OCCn2ccnc2)c(F)c1. The van der Waals surface area contributed by atoms with Crippen LogP contribution in [-0.2, 0) is 6.54 Å². The minimum Gasteiger partial charge on any atom is -0.489 e. The van der Waals surface area contributed by atoms with Gasteiger partial charge in [0.2, 0.25) is 0 Å². The molecule has 16 heavy (non-hydrogen) atoms. The van der Waals surface area contributed by atoms with Gasteiger partial charge in [-0.05, 0) is 24.6 Å². The van der Waals surface area contributed by atoms with Crippen LogP contribution >= 0.6 is 0 Å². The van der Waals surface area contributed by atoms with Crippen molar-refractivity contribution < 1.29 is 9.13 Å². The lowest BCUT2D eigenvalue weighted by Crippen LogP contribution is -2.07. The molecule has 3 nitrogen and oxygen atoms in total. The third kappa shape index (κ3) is 2.59. The van der Waals surface area contributed by atoms with E-state index in [9.17, 15) is 4.39 Å². The molecular weight excluding hydrogens is 207 g/mol. The summed E-state index contributed by atoms with van der Waals surface area (Å²) in [7, 11) is 0. The van der Waals surface area contributed by atoms with Crippen LogP contribution in [0.5, 0.6) is 5.75 Å². The van der Waals surface area contributed by atoms with Crippen molar-refractivity contribution in [3.8, 4) is 5.75 Å². The number of aryl methyl sites for hydroxylation is 1. The van der Waals surface area contributed by atoms with Gasteiger partial charge >= 0.3 is 0 Å². The average molecular weight is 220 g/mol. The summed E-state index contributed by atoms with van der Waals surface area (Å²) in [5, 5.41) is 0. The Morgan fingerprint density at radius 3 is 3.00 bits per heavy atom. The average Bonchev–Trinajstić information content (AvgIpc) is 2.74. The monoisotopic (exact) mass is 220 g/mol. The molecule has 2 aromatic rings. The molecule has 0 bridgehead atoms. The third-order valence-electron chi connectivity index (χ3n) is 2.25. The number of halogens is 1. The highest BCUT2D eigenvalue weighted by Crippen LogP contribution is 2.17. The van der Waals surface area contributed by atoms with E-state index in [0.29, 0.717) is 18.9 Å². The van der Waals surface area contributed by atoms with Crippen molar-refractivity contribution in [3.05, 3.63) is 48.3 Å². The lowest BCUT2D eigenvalue weighted by Gasteiger charge is -2.07. The van der Waals surface area contributed by atoms with Crippen molar-refractivity contribution >= 4 is 0 Å². The molecule has 0 N–H and O–H groups in total. The summed E-state index contributed by atoms with van der Waals surface area (Å²) >= 11 is 0. The number of imidazole rings is 1. The van der Waals surface area contributed by atoms with E-state index in [1.807, 2.05) is 23.8 Å². The summed E-state index contributed by atoms with van der Waals surface area (Å²) in [5.74, 6) is -0.0173. The Labute approximate surface area is 93.5 Å². The molecule has 0 radical (unpaired) electrons. The number of aromatic nitrogens is 2. The van der Waals surface area contributed by atoms with E-state index in [1.165, 1.54) is 6.07 Å². The summed E-state index contributed by atoms with van der Waals surface area (Å²) in [6, 6.07) is 4.95. The molecule has 0 aliphatic heterocycles. The van der Waals surface area contributed by atoms with Gasteiger partial charge in [-0.15, -0.1) is 0 Å². The number of nitrogens with zero attached hydrogens (tertiary/aromatic N) is 2. The number of rotatable bonds is 4. The van der Waals surface area contributed by atoms with Crippen LogP contribution in [0, 0.1) is 12.7 Å². The van der Waals surface area contributed by atoms with Crippen molar-refractivity contribution in [1.82, 2.24) is 9.55 Å². The molecule has 0 unspecified atom stereocenters. The van der Waals surface area contributed by atoms with Gasteiger partial charge < -0.3 is 9.30 Å². The maximum Gasteiger partial charge on any atom is 0.165 e. The molecule has 0 saturated carbocycles. The molecule has 0 spiro atoms. The van der Waals surface area contributed by atoms with Gasteiger partial charge in [0, 0.05) is 12.4 Å². The Balaban J connectivity index is 1.90. The normalized spacial score (nSPS) is 10.4. The zero-order valence-corrected chi connectivity index (χ0v) is 9.06. The Kier molecular flexibility index (Phi) is 3.19. The van der Waals surface area contributed by atoms with Crippen molar-refractivity contribution in [1.29, 1.82) is 0 Å². The van der Waals surface area contributed by atoms with Gasteiger partial charge in [-0.1, -0.05) is 6.07 Å². The summed E-state index contributed by atoms with van der Waals surface area (Å²) in [4.78, 5) is 3.91. The van der Waals surface area contributed by atoms with Crippen molar-refractivity contribution in [2.75, 3.05) is 6.61 Å². The maximum atomic E-state index is 13.4. The van der Waals surface area contributed by atoms with Crippen LogP contribution in [0.15, 0.2) is 36.9 Å². The van der Waals surface area contributed by atoms with Gasteiger partial charge in [-0.25, -0.2) is 9.37 Å². The third-order valence-corrected chi connectivity index (χ3v) is 2.25. The molecule has 84 valence electrons. The van der Waals surface area contributed by atoms with Crippen LogP contribution < -0.4 is 4.74 Å². The molecule has 2 rings (SSSR count). The van der Waals surface area contributed by atoms with E-state index < -0.39 is 0 Å². The molecular formula is C12H13FN2O. The van der Waals surface area contributed by atoms with Gasteiger partial charge in [0.1, 0.15) is 6.61 Å². The molecule has 1 aromatic carbocycles. The van der Waals surface area contributed by atoms with Gasteiger partial charge in [-0.2, -0.15) is 0 Å². The van der Waals surface area contributed by atoms with Gasteiger partial charge in [0.15, 0.2) is 11.6 Å². The zero-order valence-electron chi connectivity index (χ0n) is 9.06. The molecule has 1 aromatic heterocycles. The summed E-state index contributed by atoms with van der Waals surface area (Å²) in [6.07, 6.45) is 5.25. The first-order valence-electron chi connectivity index (χ1n) is 5.10. The second-order valence-corrected chi connectivity index (χ2v) is 3.58. The quantitative estimate of drug-likeness (QED) is 0.791. The lowest BCUT2D eigenvalue weighted by atomic mass is 10.2. The second kappa shape index (κ2) is 4.79. The minimum absolute atomic E-state index is 0.297. The highest BCUT2D eigenvalue weighted by Gasteiger charge is 2.02. The van der Waals surface area contributed by atoms with Crippen LogP contribution in [0.25, 0.3) is 0 Å².